The van der Waals surface area contributed by atoms with Gasteiger partial charge in [0.15, 0.2) is 0 Å². The summed E-state index contributed by atoms with van der Waals surface area (Å²) in [5.74, 6) is 9.16. The van der Waals surface area contributed by atoms with E-state index in [9.17, 15) is 40.9 Å². The number of hydrogen-bond donors (Lipinski definition) is 8. The lowest BCUT2D eigenvalue weighted by molar-refractivity contribution is 0.0450. The fraction of sp³-hybridized carbons (Fsp3) is 0.818. The summed E-state index contributed by atoms with van der Waals surface area (Å²) in [5, 5.41) is 77.3. The molecule has 0 aliphatic heterocycles. The molecule has 560 valence electrons. The van der Waals surface area contributed by atoms with Crippen LogP contribution in [0, 0.1) is 94.7 Å². The fourth-order valence-electron chi connectivity index (χ4n) is 16.3. The molecule has 8 saturated carbocycles. The zero-order chi connectivity index (χ0) is 73.1. The van der Waals surface area contributed by atoms with E-state index in [-0.39, 0.29) is 48.8 Å². The average Bonchev–Trinajstić information content (AvgIpc) is 1.83. The topological polar surface area (TPSA) is 162 Å². The van der Waals surface area contributed by atoms with Crippen LogP contribution in [0.1, 0.15) is 320 Å². The molecule has 0 spiro atoms. The molecule has 0 bridgehead atoms. The summed E-state index contributed by atoms with van der Waals surface area (Å²) in [6.07, 6.45) is 44.5. The molecule has 0 heterocycles. The van der Waals surface area contributed by atoms with Crippen LogP contribution in [0.5, 0.6) is 0 Å². The Balaban J connectivity index is 0.000000549. The summed E-state index contributed by atoms with van der Waals surface area (Å²) in [5.41, 5.74) is 10.8. The highest BCUT2D eigenvalue weighted by Crippen LogP contribution is 2.37. The minimum absolute atomic E-state index is 0.0539. The lowest BCUT2D eigenvalue weighted by Crippen LogP contribution is -2.30. The Morgan fingerprint density at radius 3 is 1.24 bits per heavy atom. The van der Waals surface area contributed by atoms with E-state index in [4.69, 9.17) is 0 Å². The van der Waals surface area contributed by atoms with Gasteiger partial charge in [0.2, 0.25) is 0 Å². The minimum Gasteiger partial charge on any atom is -0.393 e. The zero-order valence-electron chi connectivity index (χ0n) is 67.0. The van der Waals surface area contributed by atoms with Gasteiger partial charge in [0.25, 0.3) is 0 Å². The third-order valence-electron chi connectivity index (χ3n) is 21.8. The van der Waals surface area contributed by atoms with Crippen molar-refractivity contribution in [3.05, 3.63) is 93.2 Å². The third-order valence-corrected chi connectivity index (χ3v) is 21.8. The molecule has 96 heavy (non-hydrogen) atoms. The van der Waals surface area contributed by atoms with E-state index in [1.54, 1.807) is 0 Å². The van der Waals surface area contributed by atoms with Gasteiger partial charge in [0.1, 0.15) is 0 Å². The Bertz CT molecular complexity index is 2170. The maximum absolute atomic E-state index is 9.84. The molecular formula is C88H160O8. The molecule has 0 aromatic carbocycles. The van der Waals surface area contributed by atoms with E-state index in [0.717, 1.165) is 88.9 Å². The summed E-state index contributed by atoms with van der Waals surface area (Å²) in [6.45, 7) is 51.6. The predicted molar refractivity (Wildman–Crippen MR) is 416 cm³/mol. The first kappa shape index (κ1) is 91.6. The van der Waals surface area contributed by atoms with E-state index >= 15 is 0 Å². The molecule has 8 fully saturated rings. The molecule has 0 radical (unpaired) electrons. The van der Waals surface area contributed by atoms with Crippen LogP contribution in [0.25, 0.3) is 0 Å². The molecule has 8 aliphatic carbocycles. The summed E-state index contributed by atoms with van der Waals surface area (Å²) >= 11 is 0. The van der Waals surface area contributed by atoms with Crippen molar-refractivity contribution in [2.45, 2.75) is 369 Å². The maximum Gasteiger partial charge on any atom is 0.0628 e. The van der Waals surface area contributed by atoms with Crippen molar-refractivity contribution in [1.82, 2.24) is 0 Å². The highest BCUT2D eigenvalue weighted by atomic mass is 16.3. The van der Waals surface area contributed by atoms with Gasteiger partial charge >= 0.3 is 0 Å². The highest BCUT2D eigenvalue weighted by molar-refractivity contribution is 5.07. The average molecular weight is 1350 g/mol. The van der Waals surface area contributed by atoms with Gasteiger partial charge in [0, 0.05) is 23.7 Å². The Morgan fingerprint density at radius 2 is 0.698 bits per heavy atom. The number of aliphatic hydroxyl groups excluding tert-OH is 8. The first-order valence-electron chi connectivity index (χ1n) is 39.4. The second-order valence-electron chi connectivity index (χ2n) is 34.8. The van der Waals surface area contributed by atoms with Gasteiger partial charge in [-0.05, 0) is 317 Å². The number of rotatable bonds is 8. The normalized spacial score (nSPS) is 36.2. The van der Waals surface area contributed by atoms with Crippen LogP contribution in [-0.4, -0.2) is 89.7 Å². The maximum atomic E-state index is 9.84. The van der Waals surface area contributed by atoms with Crippen LogP contribution in [0.15, 0.2) is 93.2 Å². The Kier molecular flexibility index (Phi) is 47.0. The van der Waals surface area contributed by atoms with Crippen molar-refractivity contribution >= 4 is 0 Å². The number of hydrogen-bond acceptors (Lipinski definition) is 8. The fourth-order valence-corrected chi connectivity index (χ4v) is 16.3. The van der Waals surface area contributed by atoms with Gasteiger partial charge in [-0.25, -0.2) is 0 Å². The Morgan fingerprint density at radius 1 is 0.240 bits per heavy atom. The van der Waals surface area contributed by atoms with E-state index in [0.29, 0.717) is 82.9 Å². The van der Waals surface area contributed by atoms with Crippen LogP contribution in [0.2, 0.25) is 0 Å². The molecule has 24 atom stereocenters. The monoisotopic (exact) mass is 1350 g/mol. The van der Waals surface area contributed by atoms with Gasteiger partial charge in [-0.2, -0.15) is 0 Å². The summed E-state index contributed by atoms with van der Waals surface area (Å²) in [6, 6.07) is 0. The Labute approximate surface area is 594 Å². The van der Waals surface area contributed by atoms with E-state index in [2.05, 4.69) is 215 Å². The molecule has 0 aromatic rings. The minimum atomic E-state index is -0.103. The number of allylic oxidation sites excluding steroid dienone is 12. The molecule has 8 nitrogen and oxygen atoms in total. The molecule has 0 saturated heterocycles. The van der Waals surface area contributed by atoms with E-state index < -0.39 is 0 Å². The van der Waals surface area contributed by atoms with Gasteiger partial charge in [-0.3, -0.25) is 0 Å². The predicted octanol–water partition coefficient (Wildman–Crippen LogP) is 22.0. The van der Waals surface area contributed by atoms with Crippen molar-refractivity contribution in [2.75, 3.05) is 0 Å². The number of aliphatic hydroxyl groups is 8. The molecule has 0 aromatic heterocycles. The van der Waals surface area contributed by atoms with Gasteiger partial charge < -0.3 is 40.9 Å². The van der Waals surface area contributed by atoms with Crippen molar-refractivity contribution in [1.29, 1.82) is 0 Å². The van der Waals surface area contributed by atoms with E-state index in [1.807, 2.05) is 0 Å². The van der Waals surface area contributed by atoms with Crippen LogP contribution in [0.4, 0.5) is 0 Å². The van der Waals surface area contributed by atoms with Gasteiger partial charge in [-0.15, -0.1) is 0 Å². The standard InChI is InChI=1S/8C11H20O/c1-8(2)4-10-5-9(3)6-11(12)7-10;1-8(2)6-10-7-11(12)5-4-9(10)3;1-8(2)6-10-5-4-9(3)11(12)7-10;1-8(2)6-10-7-9(3)4-5-11(10)12;1-8(2)6-10-5-4-9(3)7-11(10)12;1-8(2)7-10-5-4-6-11(12)9(10)3;1-8(2)7-10-9(3)5-4-6-11(10)12;1-8(2)7-10-6-4-5-9(3)11(10)12/h4,9-12H,5-7H2,1-3H3;4*6,9-12H,4-5,7H2,1-3H3;3*7,9-12H,4-6H2,1-3H3. The zero-order valence-corrected chi connectivity index (χ0v) is 67.0. The molecule has 8 heteroatoms. The van der Waals surface area contributed by atoms with Crippen LogP contribution < -0.4 is 0 Å². The van der Waals surface area contributed by atoms with Crippen molar-refractivity contribution in [3.8, 4) is 0 Å². The lowest BCUT2D eigenvalue weighted by Gasteiger charge is -2.31. The first-order chi connectivity index (χ1) is 44.8. The molecular weight excluding hydrogens is 1180 g/mol. The highest BCUT2D eigenvalue weighted by Gasteiger charge is 2.31. The largest absolute Gasteiger partial charge is 0.393 e. The third kappa shape index (κ3) is 40.9. The lowest BCUT2D eigenvalue weighted by atomic mass is 9.77. The van der Waals surface area contributed by atoms with Crippen molar-refractivity contribution in [3.63, 3.8) is 0 Å². The summed E-state index contributed by atoms with van der Waals surface area (Å²) < 4.78 is 0. The van der Waals surface area contributed by atoms with Gasteiger partial charge in [0.05, 0.1) is 48.8 Å². The second-order valence-corrected chi connectivity index (χ2v) is 34.8. The molecule has 8 aliphatic rings. The quantitative estimate of drug-likeness (QED) is 0.111. The van der Waals surface area contributed by atoms with Crippen LogP contribution in [0.3, 0.4) is 0 Å². The van der Waals surface area contributed by atoms with E-state index in [1.165, 1.54) is 122 Å². The smallest absolute Gasteiger partial charge is 0.0628 e. The summed E-state index contributed by atoms with van der Waals surface area (Å²) in [7, 11) is 0. The second kappa shape index (κ2) is 49.3. The molecule has 8 N–H and O–H groups in total. The van der Waals surface area contributed by atoms with Crippen molar-refractivity contribution < 1.29 is 40.9 Å². The molecule has 0 amide bonds. The van der Waals surface area contributed by atoms with Crippen molar-refractivity contribution in [2.24, 2.45) is 94.7 Å². The van der Waals surface area contributed by atoms with Gasteiger partial charge in [-0.1, -0.05) is 168 Å². The first-order valence-corrected chi connectivity index (χ1v) is 39.4. The Hall–Kier alpha value is -2.40. The molecule has 24 unspecified atom stereocenters. The molecule has 8 rings (SSSR count). The summed E-state index contributed by atoms with van der Waals surface area (Å²) in [4.78, 5) is 0. The SMILES string of the molecule is CC(C)=CC1C(C)CCCC1O.CC(C)=CC1CC(C)CC(O)C1.CC(C)=CC1CC(C)CCC1O.CC(C)=CC1CC(O)CCC1C.CC(C)=CC1CCC(C)C(O)C1.CC(C)=CC1CCC(C)CC1O.CC(C)=CC1CCCC(C)C1O.CC(C)=CC1CCCC(O)C1C. The van der Waals surface area contributed by atoms with Crippen LogP contribution >= 0.6 is 0 Å². The van der Waals surface area contributed by atoms with Crippen LogP contribution in [-0.2, 0) is 0 Å².